The van der Waals surface area contributed by atoms with Gasteiger partial charge < -0.3 is 4.57 Å². The first-order chi connectivity index (χ1) is 63.0. The van der Waals surface area contributed by atoms with E-state index in [2.05, 4.69) is 529 Å². The lowest BCUT2D eigenvalue weighted by atomic mass is 10.1. The zero-order chi connectivity index (χ0) is 84.3. The zero-order valence-corrected chi connectivity index (χ0v) is 73.3. The van der Waals surface area contributed by atoms with Gasteiger partial charge >= 0.3 is 0 Å². The molecule has 4 aromatic heterocycles. The molecule has 602 valence electrons. The highest BCUT2D eigenvalue weighted by Gasteiger charge is 2.45. The average molecular weight is 1690 g/mol. The number of hydrogen-bond donors (Lipinski definition) is 0. The van der Waals surface area contributed by atoms with Crippen molar-refractivity contribution in [1.82, 2.24) is 23.7 Å². The molecule has 4 heterocycles. The molecule has 0 N–H and O–H groups in total. The van der Waals surface area contributed by atoms with E-state index in [9.17, 15) is 0 Å². The Morgan fingerprint density at radius 3 is 0.717 bits per heavy atom. The second-order valence-electron chi connectivity index (χ2n) is 32.6. The third-order valence-electron chi connectivity index (χ3n) is 26.0. The van der Waals surface area contributed by atoms with E-state index in [4.69, 9.17) is 9.97 Å². The van der Waals surface area contributed by atoms with Gasteiger partial charge in [0.1, 0.15) is 11.6 Å². The summed E-state index contributed by atoms with van der Waals surface area (Å²) in [6.45, 7) is 0. The molecule has 0 saturated heterocycles. The largest absolute Gasteiger partial charge is 0.309 e. The molecule has 0 fully saturated rings. The SMILES string of the molecule is c1ccc([Si](c2ccccc2)(c2ccccc2)c2ccc3c(c2)c2cc([Si](c4ccccc4)(c4ccccc4)c4ccccc4)ccc2n3-c2cc(-n3c4ccc(S(c5ccccc5)(c5ccccc5)c5ccccc5)cc4c4cc(S(c5ccccc5)(c5ccccc5)c5ccccc5)ccc43)nc(-c3cccc(-n4c5ccccc5c5ccccc54)c3)n2)cc1. The van der Waals surface area contributed by atoms with Crippen molar-refractivity contribution in [3.8, 4) is 28.7 Å². The van der Waals surface area contributed by atoms with Crippen LogP contribution < -0.4 is 41.5 Å². The maximum absolute atomic E-state index is 6.14. The molecule has 5 nitrogen and oxygen atoms in total. The smallest absolute Gasteiger partial charge is 0.179 e. The fourth-order valence-electron chi connectivity index (χ4n) is 20.6. The van der Waals surface area contributed by atoms with Gasteiger partial charge in [0.2, 0.25) is 0 Å². The minimum Gasteiger partial charge on any atom is -0.309 e. The monoisotopic (exact) mass is 1690 g/mol. The first-order valence-electron chi connectivity index (χ1n) is 43.5. The molecule has 19 aromatic carbocycles. The maximum atomic E-state index is 6.14. The van der Waals surface area contributed by atoms with Gasteiger partial charge in [-0.2, -0.15) is 0 Å². The number of fused-ring (bicyclic) bond motifs is 9. The molecule has 0 aliphatic heterocycles. The van der Waals surface area contributed by atoms with Gasteiger partial charge in [-0.1, -0.05) is 364 Å². The zero-order valence-electron chi connectivity index (χ0n) is 69.6. The van der Waals surface area contributed by atoms with E-state index in [1.807, 2.05) is 0 Å². The van der Waals surface area contributed by atoms with Crippen molar-refractivity contribution in [1.29, 1.82) is 0 Å². The van der Waals surface area contributed by atoms with Crippen molar-refractivity contribution in [2.75, 3.05) is 0 Å². The van der Waals surface area contributed by atoms with Crippen molar-refractivity contribution in [3.63, 3.8) is 0 Å². The van der Waals surface area contributed by atoms with Crippen LogP contribution in [-0.4, -0.2) is 39.8 Å². The Labute approximate surface area is 744 Å². The summed E-state index contributed by atoms with van der Waals surface area (Å²) in [6.07, 6.45) is 0. The molecule has 127 heavy (non-hydrogen) atoms. The van der Waals surface area contributed by atoms with E-state index in [0.29, 0.717) is 5.82 Å². The summed E-state index contributed by atoms with van der Waals surface area (Å²) < 4.78 is 7.33. The Morgan fingerprint density at radius 1 is 0.165 bits per heavy atom. The molecule has 0 radical (unpaired) electrons. The lowest BCUT2D eigenvalue weighted by molar-refractivity contribution is 0.993. The first-order valence-corrected chi connectivity index (χ1v) is 50.7. The lowest BCUT2D eigenvalue weighted by Crippen LogP contribution is -2.74. The normalized spacial score (nSPS) is 12.3. The van der Waals surface area contributed by atoms with Gasteiger partial charge in [-0.3, -0.25) is 9.13 Å². The highest BCUT2D eigenvalue weighted by atomic mass is 32.3. The molecule has 0 aliphatic rings. The van der Waals surface area contributed by atoms with Gasteiger partial charge in [-0.25, -0.2) is 9.97 Å². The summed E-state index contributed by atoms with van der Waals surface area (Å²) in [5.74, 6) is 2.02. The van der Waals surface area contributed by atoms with Crippen molar-refractivity contribution < 1.29 is 0 Å². The van der Waals surface area contributed by atoms with Crippen molar-refractivity contribution in [3.05, 3.63) is 516 Å². The molecule has 23 aromatic rings. The lowest BCUT2D eigenvalue weighted by Gasteiger charge is -2.42. The van der Waals surface area contributed by atoms with E-state index in [1.54, 1.807) is 0 Å². The number of para-hydroxylation sites is 2. The number of aromatic nitrogens is 5. The van der Waals surface area contributed by atoms with E-state index >= 15 is 0 Å². The second-order valence-corrected chi connectivity index (χ2v) is 46.5. The number of benzene rings is 19. The number of hydrogen-bond acceptors (Lipinski definition) is 2. The molecule has 0 saturated carbocycles. The quantitative estimate of drug-likeness (QED) is 0.0564. The number of rotatable bonds is 20. The van der Waals surface area contributed by atoms with Crippen LogP contribution in [0.1, 0.15) is 0 Å². The summed E-state index contributed by atoms with van der Waals surface area (Å²) in [7, 11) is -10.8. The summed E-state index contributed by atoms with van der Waals surface area (Å²) in [4.78, 5) is 22.2. The van der Waals surface area contributed by atoms with Crippen molar-refractivity contribution in [2.45, 2.75) is 39.2 Å². The van der Waals surface area contributed by atoms with Crippen LogP contribution in [0.3, 0.4) is 0 Å². The molecule has 0 aliphatic carbocycles. The third-order valence-corrected chi connectivity index (χ3v) is 43.3. The molecule has 9 heteroatoms. The fraction of sp³-hybridized carbons (Fsp3) is 0. The highest BCUT2D eigenvalue weighted by molar-refractivity contribution is 8.34. The van der Waals surface area contributed by atoms with Gasteiger partial charge in [-0.15, -0.1) is 20.1 Å². The summed E-state index contributed by atoms with van der Waals surface area (Å²) >= 11 is 0. The molecule has 0 spiro atoms. The maximum Gasteiger partial charge on any atom is 0.179 e. The van der Waals surface area contributed by atoms with Crippen LogP contribution >= 0.6 is 20.1 Å². The van der Waals surface area contributed by atoms with Gasteiger partial charge in [-0.05, 0) is 187 Å². The topological polar surface area (TPSA) is 40.6 Å². The second kappa shape index (κ2) is 32.2. The summed E-state index contributed by atoms with van der Waals surface area (Å²) in [6, 6.07) is 194. The molecule has 23 rings (SSSR count). The fourth-order valence-corrected chi connectivity index (χ4v) is 38.0. The molecule has 0 unspecified atom stereocenters. The van der Waals surface area contributed by atoms with E-state index in [-0.39, 0.29) is 0 Å². The minimum absolute atomic E-state index is 0.579. The summed E-state index contributed by atoms with van der Waals surface area (Å²) in [5.41, 5.74) is 8.19. The predicted molar refractivity (Wildman–Crippen MR) is 538 cm³/mol. The van der Waals surface area contributed by atoms with Crippen LogP contribution in [-0.2, 0) is 0 Å². The van der Waals surface area contributed by atoms with Crippen LogP contribution in [0, 0.1) is 0 Å². The predicted octanol–water partition coefficient (Wildman–Crippen LogP) is 24.9. The van der Waals surface area contributed by atoms with Gasteiger partial charge in [0, 0.05) is 88.8 Å². The Balaban J connectivity index is 0.860. The van der Waals surface area contributed by atoms with Crippen molar-refractivity contribution in [2.24, 2.45) is 0 Å². The van der Waals surface area contributed by atoms with Crippen LogP contribution in [0.25, 0.3) is 94.1 Å². The van der Waals surface area contributed by atoms with E-state index < -0.39 is 36.2 Å². The average Bonchev–Trinajstić information content (AvgIpc) is 1.58. The molecule has 0 bridgehead atoms. The van der Waals surface area contributed by atoms with E-state index in [0.717, 1.165) is 77.5 Å². The standard InChI is InChI=1S/C118H85N5S2Si2/c1-13-44-88(45-14-1)124(89-46-15-2-16-47-89,90-48-17-3-18-49-90)94-72-76-112-106(81-94)107-82-95(125(91-50-19-4-20-51-91,92-52-21-5-22-53-92)93-54-23-6-24-55-93)73-77-113(107)122(112)116-85-117(120-118(119-116)86-42-41-43-87(80-86)121-110-70-39-37-68-104(110)105-69-38-40-71-111(105)121)123-114-78-74-102(126(96-56-25-7-26-57-96,97-58-27-8-28-59-97)98-60-29-9-30-61-98)83-108(114)109-84-103(75-79-115(109)123)127(99-62-31-10-32-63-99,100-64-33-11-34-65-100)101-66-35-12-36-67-101/h1-85H. The van der Waals surface area contributed by atoms with Crippen LogP contribution in [0.5, 0.6) is 0 Å². The molecule has 0 atom stereocenters. The molecular formula is C118H85N5S2Si2. The van der Waals surface area contributed by atoms with Crippen LogP contribution in [0.15, 0.2) is 555 Å². The Morgan fingerprint density at radius 2 is 0.417 bits per heavy atom. The van der Waals surface area contributed by atoms with Crippen LogP contribution in [0.4, 0.5) is 0 Å². The minimum atomic E-state index is -3.17. The summed E-state index contributed by atoms with van der Waals surface area (Å²) in [5, 5.41) is 17.2. The van der Waals surface area contributed by atoms with Gasteiger partial charge in [0.15, 0.2) is 22.0 Å². The van der Waals surface area contributed by atoms with Gasteiger partial charge in [0.05, 0.1) is 33.1 Å². The number of nitrogens with zero attached hydrogens (tertiary/aromatic N) is 5. The van der Waals surface area contributed by atoms with Crippen molar-refractivity contribution >= 4 is 143 Å². The van der Waals surface area contributed by atoms with E-state index in [1.165, 1.54) is 91.4 Å². The molecule has 0 amide bonds. The highest BCUT2D eigenvalue weighted by Crippen LogP contribution is 2.75. The Kier molecular flexibility index (Phi) is 19.4. The Hall–Kier alpha value is -15.2. The first kappa shape index (κ1) is 76.7. The Bertz CT molecular complexity index is 6770. The molecular weight excluding hydrogens is 1610 g/mol. The van der Waals surface area contributed by atoms with Gasteiger partial charge in [0.25, 0.3) is 0 Å². The third kappa shape index (κ3) is 12.4. The van der Waals surface area contributed by atoms with Crippen LogP contribution in [0.2, 0.25) is 0 Å².